The fraction of sp³-hybridized carbons (Fsp3) is 0.105. The van der Waals surface area contributed by atoms with Gasteiger partial charge < -0.3 is 14.6 Å². The van der Waals surface area contributed by atoms with Crippen molar-refractivity contribution in [1.82, 2.24) is 25.2 Å². The highest BCUT2D eigenvalue weighted by Gasteiger charge is 2.17. The molecule has 0 saturated heterocycles. The lowest BCUT2D eigenvalue weighted by molar-refractivity contribution is 0.354. The van der Waals surface area contributed by atoms with Crippen molar-refractivity contribution in [2.45, 2.75) is 0 Å². The Hall–Kier alpha value is -4.21. The number of nitrogens with one attached hydrogen (secondary N) is 1. The minimum absolute atomic E-state index is 0.0948. The first kappa shape index (κ1) is 18.2. The summed E-state index contributed by atoms with van der Waals surface area (Å²) in [7, 11) is 3.01. The van der Waals surface area contributed by atoms with Crippen molar-refractivity contribution in [3.8, 4) is 23.1 Å². The van der Waals surface area contributed by atoms with E-state index in [1.54, 1.807) is 42.5 Å². The standard InChI is InChI=1S/C19H16N6O4/c1-28-15-8-7-11(9-16(15)29-2)25-17(26)13-6-4-3-5-12(13)14(18(25)27)10-20-19-21-23-24-22-19/h3-10,27H,1-2H3,(H,21,22,23,24). The third-order valence-corrected chi connectivity index (χ3v) is 4.37. The molecule has 0 saturated carbocycles. The van der Waals surface area contributed by atoms with Crippen LogP contribution < -0.4 is 15.0 Å². The fourth-order valence-corrected chi connectivity index (χ4v) is 3.03. The van der Waals surface area contributed by atoms with Crippen LogP contribution in [-0.2, 0) is 0 Å². The average Bonchev–Trinajstić information content (AvgIpc) is 3.27. The number of hydrogen-bond acceptors (Lipinski definition) is 8. The predicted octanol–water partition coefficient (Wildman–Crippen LogP) is 1.98. The Morgan fingerprint density at radius 2 is 1.86 bits per heavy atom. The molecular weight excluding hydrogens is 376 g/mol. The molecule has 0 aliphatic heterocycles. The van der Waals surface area contributed by atoms with E-state index in [4.69, 9.17) is 9.47 Å². The summed E-state index contributed by atoms with van der Waals surface area (Å²) in [5.41, 5.74) is 0.354. The van der Waals surface area contributed by atoms with Crippen LogP contribution in [0.3, 0.4) is 0 Å². The van der Waals surface area contributed by atoms with Crippen LogP contribution in [0, 0.1) is 0 Å². The maximum atomic E-state index is 13.1. The van der Waals surface area contributed by atoms with Crippen molar-refractivity contribution in [3.05, 3.63) is 58.4 Å². The van der Waals surface area contributed by atoms with E-state index in [1.807, 2.05) is 0 Å². The molecule has 10 heteroatoms. The number of pyridine rings is 1. The van der Waals surface area contributed by atoms with E-state index in [0.717, 1.165) is 0 Å². The van der Waals surface area contributed by atoms with Gasteiger partial charge in [0.15, 0.2) is 11.5 Å². The largest absolute Gasteiger partial charge is 0.494 e. The van der Waals surface area contributed by atoms with Crippen LogP contribution in [0.25, 0.3) is 16.5 Å². The van der Waals surface area contributed by atoms with Crippen molar-refractivity contribution >= 4 is 22.9 Å². The summed E-state index contributed by atoms with van der Waals surface area (Å²) < 4.78 is 11.7. The lowest BCUT2D eigenvalue weighted by Crippen LogP contribution is -2.20. The Kier molecular flexibility index (Phi) is 4.65. The predicted molar refractivity (Wildman–Crippen MR) is 106 cm³/mol. The lowest BCUT2D eigenvalue weighted by atomic mass is 10.1. The highest BCUT2D eigenvalue weighted by Crippen LogP contribution is 2.32. The van der Waals surface area contributed by atoms with Crippen molar-refractivity contribution in [3.63, 3.8) is 0 Å². The van der Waals surface area contributed by atoms with Crippen molar-refractivity contribution in [1.29, 1.82) is 0 Å². The first-order chi connectivity index (χ1) is 14.1. The summed E-state index contributed by atoms with van der Waals surface area (Å²) in [5, 5.41) is 25.2. The quantitative estimate of drug-likeness (QED) is 0.497. The number of methoxy groups -OCH3 is 2. The maximum Gasteiger partial charge on any atom is 0.288 e. The van der Waals surface area contributed by atoms with E-state index < -0.39 is 0 Å². The van der Waals surface area contributed by atoms with Crippen molar-refractivity contribution in [2.75, 3.05) is 14.2 Å². The molecule has 0 spiro atoms. The second-order valence-corrected chi connectivity index (χ2v) is 5.93. The number of nitrogens with zero attached hydrogens (tertiary/aromatic N) is 5. The summed E-state index contributed by atoms with van der Waals surface area (Å²) in [5.74, 6) is 0.737. The molecule has 4 aromatic rings. The zero-order chi connectivity index (χ0) is 20.4. The molecule has 0 radical (unpaired) electrons. The zero-order valence-corrected chi connectivity index (χ0v) is 15.5. The molecule has 10 nitrogen and oxygen atoms in total. The van der Waals surface area contributed by atoms with Crippen LogP contribution in [0.15, 0.2) is 52.3 Å². The third kappa shape index (κ3) is 3.16. The molecule has 146 valence electrons. The van der Waals surface area contributed by atoms with E-state index in [-0.39, 0.29) is 17.4 Å². The molecule has 2 aromatic carbocycles. The van der Waals surface area contributed by atoms with Crippen LogP contribution in [0.1, 0.15) is 5.56 Å². The van der Waals surface area contributed by atoms with E-state index >= 15 is 0 Å². The Morgan fingerprint density at radius 3 is 2.55 bits per heavy atom. The van der Waals surface area contributed by atoms with Gasteiger partial charge in [0.2, 0.25) is 5.88 Å². The molecule has 0 amide bonds. The topological polar surface area (TPSA) is 128 Å². The van der Waals surface area contributed by atoms with Gasteiger partial charge in [-0.1, -0.05) is 23.3 Å². The van der Waals surface area contributed by atoms with Gasteiger partial charge in [0.25, 0.3) is 11.5 Å². The normalized spacial score (nSPS) is 11.2. The molecule has 0 unspecified atom stereocenters. The van der Waals surface area contributed by atoms with Gasteiger partial charge in [-0.05, 0) is 23.4 Å². The number of aromatic amines is 1. The monoisotopic (exact) mass is 392 g/mol. The lowest BCUT2D eigenvalue weighted by Gasteiger charge is -2.15. The molecule has 2 N–H and O–H groups in total. The molecular formula is C19H16N6O4. The number of fused-ring (bicyclic) bond motifs is 1. The summed E-state index contributed by atoms with van der Waals surface area (Å²) in [6.07, 6.45) is 1.39. The van der Waals surface area contributed by atoms with Gasteiger partial charge in [-0.15, -0.1) is 5.10 Å². The molecule has 0 aliphatic carbocycles. The van der Waals surface area contributed by atoms with E-state index in [9.17, 15) is 9.90 Å². The molecule has 0 aliphatic rings. The van der Waals surface area contributed by atoms with E-state index in [0.29, 0.717) is 33.5 Å². The summed E-state index contributed by atoms with van der Waals surface area (Å²) in [4.78, 5) is 17.2. The van der Waals surface area contributed by atoms with Crippen LogP contribution in [0.4, 0.5) is 5.95 Å². The van der Waals surface area contributed by atoms with Gasteiger partial charge in [0.05, 0.1) is 25.5 Å². The Morgan fingerprint density at radius 1 is 1.10 bits per heavy atom. The molecule has 4 rings (SSSR count). The molecule has 0 atom stereocenters. The number of tetrazole rings is 1. The van der Waals surface area contributed by atoms with Gasteiger partial charge in [0.1, 0.15) is 0 Å². The van der Waals surface area contributed by atoms with Crippen LogP contribution in [0.5, 0.6) is 17.4 Å². The van der Waals surface area contributed by atoms with Crippen LogP contribution >= 0.6 is 0 Å². The van der Waals surface area contributed by atoms with Crippen LogP contribution in [0.2, 0.25) is 0 Å². The van der Waals surface area contributed by atoms with Gasteiger partial charge in [-0.2, -0.15) is 5.21 Å². The smallest absolute Gasteiger partial charge is 0.288 e. The van der Waals surface area contributed by atoms with Crippen molar-refractivity contribution in [2.24, 2.45) is 4.99 Å². The third-order valence-electron chi connectivity index (χ3n) is 4.37. The molecule has 0 bridgehead atoms. The Bertz CT molecular complexity index is 1260. The van der Waals surface area contributed by atoms with Crippen LogP contribution in [-0.4, -0.2) is 50.7 Å². The SMILES string of the molecule is COc1ccc(-n2c(O)c(C=Nc3nn[nH]n3)c3ccccc3c2=O)cc1OC. The number of ether oxygens (including phenoxy) is 2. The minimum Gasteiger partial charge on any atom is -0.494 e. The molecule has 0 fully saturated rings. The van der Waals surface area contributed by atoms with Gasteiger partial charge in [-0.25, -0.2) is 9.56 Å². The highest BCUT2D eigenvalue weighted by molar-refractivity contribution is 6.02. The number of aromatic hydroxyl groups is 1. The number of rotatable bonds is 5. The number of H-pyrrole nitrogens is 1. The van der Waals surface area contributed by atoms with Gasteiger partial charge in [0, 0.05) is 23.1 Å². The number of aliphatic imine (C=N–C) groups is 1. The molecule has 2 aromatic heterocycles. The number of aromatic nitrogens is 5. The second kappa shape index (κ2) is 7.43. The minimum atomic E-state index is -0.387. The Labute approximate surface area is 164 Å². The summed E-state index contributed by atoms with van der Waals surface area (Å²) in [6.45, 7) is 0. The summed E-state index contributed by atoms with van der Waals surface area (Å²) >= 11 is 0. The van der Waals surface area contributed by atoms with E-state index in [2.05, 4.69) is 25.6 Å². The zero-order valence-electron chi connectivity index (χ0n) is 15.5. The molecule has 29 heavy (non-hydrogen) atoms. The molecule has 2 heterocycles. The average molecular weight is 392 g/mol. The fourth-order valence-electron chi connectivity index (χ4n) is 3.03. The first-order valence-electron chi connectivity index (χ1n) is 8.50. The van der Waals surface area contributed by atoms with Gasteiger partial charge >= 0.3 is 0 Å². The highest BCUT2D eigenvalue weighted by atomic mass is 16.5. The van der Waals surface area contributed by atoms with Gasteiger partial charge in [-0.3, -0.25) is 4.79 Å². The van der Waals surface area contributed by atoms with Crippen molar-refractivity contribution < 1.29 is 14.6 Å². The number of hydrogen-bond donors (Lipinski definition) is 2. The van der Waals surface area contributed by atoms with E-state index in [1.165, 1.54) is 25.0 Å². The Balaban J connectivity index is 1.99. The second-order valence-electron chi connectivity index (χ2n) is 5.93. The first-order valence-corrected chi connectivity index (χ1v) is 8.50. The summed E-state index contributed by atoms with van der Waals surface area (Å²) in [6, 6.07) is 11.8. The maximum absolute atomic E-state index is 13.1. The number of benzene rings is 2.